The first-order chi connectivity index (χ1) is 14.9. The molecule has 1 aromatic heterocycles. The fourth-order valence-electron chi connectivity index (χ4n) is 3.79. The predicted octanol–water partition coefficient (Wildman–Crippen LogP) is 5.07. The molecule has 31 heavy (non-hydrogen) atoms. The molecule has 7 heteroatoms. The molecule has 3 rings (SSSR count). The minimum Gasteiger partial charge on any atom is -0.401 e. The van der Waals surface area contributed by atoms with E-state index in [1.807, 2.05) is 19.2 Å². The SMILES string of the molecule is C=CN(CC1CC(=C)N(c2ccc(-c3ccc(N/C=C(/C)N)nc3)cc2C)C1)N=NC. The normalized spacial score (nSPS) is 16.7. The molecule has 7 nitrogen and oxygen atoms in total. The molecular weight excluding hydrogens is 386 g/mol. The molecule has 0 saturated carbocycles. The molecule has 162 valence electrons. The van der Waals surface area contributed by atoms with Crippen LogP contribution in [-0.2, 0) is 0 Å². The van der Waals surface area contributed by atoms with Crippen molar-refractivity contribution < 1.29 is 0 Å². The maximum Gasteiger partial charge on any atom is 0.129 e. The third kappa shape index (κ3) is 5.51. The molecule has 0 amide bonds. The van der Waals surface area contributed by atoms with Crippen LogP contribution in [0.5, 0.6) is 0 Å². The number of nitrogens with two attached hydrogens (primary N) is 1. The lowest BCUT2D eigenvalue weighted by Crippen LogP contribution is -2.24. The van der Waals surface area contributed by atoms with E-state index in [-0.39, 0.29) is 0 Å². The van der Waals surface area contributed by atoms with E-state index in [2.05, 4.69) is 69.9 Å². The summed E-state index contributed by atoms with van der Waals surface area (Å²) in [5, 5.41) is 12.8. The van der Waals surface area contributed by atoms with Crippen LogP contribution >= 0.6 is 0 Å². The van der Waals surface area contributed by atoms with Gasteiger partial charge in [0.25, 0.3) is 0 Å². The summed E-state index contributed by atoms with van der Waals surface area (Å²) in [5.74, 6) is 1.18. The maximum atomic E-state index is 5.65. The summed E-state index contributed by atoms with van der Waals surface area (Å²) in [7, 11) is 1.67. The second kappa shape index (κ2) is 9.93. The van der Waals surface area contributed by atoms with Crippen molar-refractivity contribution in [1.29, 1.82) is 0 Å². The van der Waals surface area contributed by atoms with Crippen LogP contribution in [0.1, 0.15) is 18.9 Å². The molecule has 0 aliphatic carbocycles. The molecule has 1 atom stereocenters. The largest absolute Gasteiger partial charge is 0.401 e. The van der Waals surface area contributed by atoms with Gasteiger partial charge in [0.15, 0.2) is 0 Å². The lowest BCUT2D eigenvalue weighted by molar-refractivity contribution is 0.317. The van der Waals surface area contributed by atoms with Crippen molar-refractivity contribution in [1.82, 2.24) is 9.99 Å². The minimum absolute atomic E-state index is 0.422. The van der Waals surface area contributed by atoms with Crippen molar-refractivity contribution in [2.75, 3.05) is 30.4 Å². The summed E-state index contributed by atoms with van der Waals surface area (Å²) >= 11 is 0. The molecule has 1 unspecified atom stereocenters. The Morgan fingerprint density at radius 3 is 2.74 bits per heavy atom. The van der Waals surface area contributed by atoms with Gasteiger partial charge >= 0.3 is 0 Å². The lowest BCUT2D eigenvalue weighted by atomic mass is 10.0. The van der Waals surface area contributed by atoms with Gasteiger partial charge in [0.05, 0.1) is 7.05 Å². The predicted molar refractivity (Wildman–Crippen MR) is 128 cm³/mol. The molecule has 1 fully saturated rings. The smallest absolute Gasteiger partial charge is 0.129 e. The van der Waals surface area contributed by atoms with Gasteiger partial charge in [-0.25, -0.2) is 4.98 Å². The fraction of sp³-hybridized carbons (Fsp3) is 0.292. The molecule has 2 aromatic rings. The quantitative estimate of drug-likeness (QED) is 0.463. The fourth-order valence-corrected chi connectivity index (χ4v) is 3.79. The van der Waals surface area contributed by atoms with Crippen molar-refractivity contribution in [3.8, 4) is 11.1 Å². The van der Waals surface area contributed by atoms with Crippen LogP contribution in [0.3, 0.4) is 0 Å². The Morgan fingerprint density at radius 2 is 2.13 bits per heavy atom. The third-order valence-electron chi connectivity index (χ3n) is 5.24. The zero-order valence-corrected chi connectivity index (χ0v) is 18.5. The minimum atomic E-state index is 0.422. The van der Waals surface area contributed by atoms with E-state index in [4.69, 9.17) is 5.73 Å². The summed E-state index contributed by atoms with van der Waals surface area (Å²) < 4.78 is 0. The summed E-state index contributed by atoms with van der Waals surface area (Å²) in [5.41, 5.74) is 12.1. The van der Waals surface area contributed by atoms with Gasteiger partial charge < -0.3 is 16.0 Å². The van der Waals surface area contributed by atoms with E-state index in [0.29, 0.717) is 11.6 Å². The molecule has 0 bridgehead atoms. The summed E-state index contributed by atoms with van der Waals surface area (Å²) in [4.78, 5) is 6.77. The number of aryl methyl sites for hydroxylation is 1. The van der Waals surface area contributed by atoms with Gasteiger partial charge in [0.1, 0.15) is 5.82 Å². The highest BCUT2D eigenvalue weighted by Gasteiger charge is 2.28. The molecule has 1 aromatic carbocycles. The van der Waals surface area contributed by atoms with Gasteiger partial charge in [-0.05, 0) is 55.7 Å². The molecule has 1 aliphatic heterocycles. The highest BCUT2D eigenvalue weighted by Crippen LogP contribution is 2.35. The van der Waals surface area contributed by atoms with Crippen LogP contribution in [-0.4, -0.2) is 30.1 Å². The average Bonchev–Trinajstić information content (AvgIpc) is 3.11. The van der Waals surface area contributed by atoms with Crippen molar-refractivity contribution >= 4 is 11.5 Å². The molecule has 2 heterocycles. The van der Waals surface area contributed by atoms with Crippen molar-refractivity contribution in [2.45, 2.75) is 20.3 Å². The van der Waals surface area contributed by atoms with Crippen molar-refractivity contribution in [3.05, 3.63) is 79.0 Å². The van der Waals surface area contributed by atoms with Crippen LogP contribution in [0.4, 0.5) is 11.5 Å². The van der Waals surface area contributed by atoms with Gasteiger partial charge in [-0.2, -0.15) is 5.11 Å². The maximum absolute atomic E-state index is 5.65. The van der Waals surface area contributed by atoms with E-state index < -0.39 is 0 Å². The Kier molecular flexibility index (Phi) is 7.07. The molecular formula is C24H31N7. The van der Waals surface area contributed by atoms with Crippen LogP contribution < -0.4 is 16.0 Å². The second-order valence-corrected chi connectivity index (χ2v) is 7.81. The van der Waals surface area contributed by atoms with Crippen molar-refractivity contribution in [2.24, 2.45) is 22.0 Å². The van der Waals surface area contributed by atoms with Gasteiger partial charge in [0.2, 0.25) is 0 Å². The third-order valence-corrected chi connectivity index (χ3v) is 5.24. The molecule has 3 N–H and O–H groups in total. The Labute approximate surface area is 184 Å². The highest BCUT2D eigenvalue weighted by atomic mass is 15.5. The Balaban J connectivity index is 1.73. The van der Waals surface area contributed by atoms with E-state index in [1.54, 1.807) is 24.5 Å². The molecule has 0 radical (unpaired) electrons. The molecule has 1 aliphatic rings. The first kappa shape index (κ1) is 22.1. The van der Waals surface area contributed by atoms with E-state index in [0.717, 1.165) is 42.2 Å². The molecule has 1 saturated heterocycles. The monoisotopic (exact) mass is 417 g/mol. The summed E-state index contributed by atoms with van der Waals surface area (Å²) in [6, 6.07) is 10.5. The first-order valence-electron chi connectivity index (χ1n) is 10.3. The van der Waals surface area contributed by atoms with Crippen molar-refractivity contribution in [3.63, 3.8) is 0 Å². The Morgan fingerprint density at radius 1 is 1.35 bits per heavy atom. The standard InChI is InChI=1S/C24H31N7/c1-6-30(29-26-5)15-20-12-19(4)31(16-20)23-9-7-21(11-17(23)2)22-8-10-24(28-14-22)27-13-18(3)25/h6-11,13-14,20H,1,4,12,15-16,25H2,2-3,5H3,(H,27,28)/b18-13-,29-26?. The van der Waals surface area contributed by atoms with Gasteiger partial charge in [-0.1, -0.05) is 24.4 Å². The number of aromatic nitrogens is 1. The number of nitrogens with zero attached hydrogens (tertiary/aromatic N) is 5. The topological polar surface area (TPSA) is 82.1 Å². The van der Waals surface area contributed by atoms with Gasteiger partial charge in [-0.15, -0.1) is 0 Å². The zero-order valence-electron chi connectivity index (χ0n) is 18.5. The summed E-state index contributed by atoms with van der Waals surface area (Å²) in [6.07, 6.45) is 6.24. The Bertz CT molecular complexity index is 987. The number of anilines is 2. The van der Waals surface area contributed by atoms with E-state index in [1.165, 1.54) is 11.3 Å². The number of pyridine rings is 1. The number of rotatable bonds is 8. The number of hydrogen-bond acceptors (Lipinski definition) is 6. The number of allylic oxidation sites excluding steroid dienone is 2. The Hall–Kier alpha value is -3.61. The number of nitrogens with one attached hydrogen (secondary N) is 1. The highest BCUT2D eigenvalue weighted by molar-refractivity contribution is 5.70. The van der Waals surface area contributed by atoms with Crippen LogP contribution in [0, 0.1) is 12.8 Å². The van der Waals surface area contributed by atoms with Crippen LogP contribution in [0.25, 0.3) is 11.1 Å². The molecule has 0 spiro atoms. The zero-order chi connectivity index (χ0) is 22.4. The van der Waals surface area contributed by atoms with Gasteiger partial charge in [-0.3, -0.25) is 5.01 Å². The number of benzene rings is 1. The van der Waals surface area contributed by atoms with Gasteiger partial charge in [0, 0.05) is 60.2 Å². The lowest BCUT2D eigenvalue weighted by Gasteiger charge is -2.23. The first-order valence-corrected chi connectivity index (χ1v) is 10.3. The average molecular weight is 418 g/mol. The summed E-state index contributed by atoms with van der Waals surface area (Å²) in [6.45, 7) is 13.8. The van der Waals surface area contributed by atoms with Crippen LogP contribution in [0.2, 0.25) is 0 Å². The van der Waals surface area contributed by atoms with Crippen LogP contribution in [0.15, 0.2) is 83.8 Å². The second-order valence-electron chi connectivity index (χ2n) is 7.81. The van der Waals surface area contributed by atoms with E-state index >= 15 is 0 Å². The number of hydrogen-bond donors (Lipinski definition) is 2. The van der Waals surface area contributed by atoms with E-state index in [9.17, 15) is 0 Å².